The quantitative estimate of drug-likeness (QED) is 0.566. The van der Waals surface area contributed by atoms with E-state index in [-0.39, 0.29) is 0 Å². The van der Waals surface area contributed by atoms with Gasteiger partial charge in [0.15, 0.2) is 0 Å². The lowest BCUT2D eigenvalue weighted by molar-refractivity contribution is 0.131. The zero-order chi connectivity index (χ0) is 11.8. The van der Waals surface area contributed by atoms with E-state index in [1.54, 1.807) is 0 Å². The Bertz CT molecular complexity index is 297. The van der Waals surface area contributed by atoms with Crippen LogP contribution in [0.4, 0.5) is 5.69 Å². The molecule has 0 aliphatic rings. The molecule has 0 saturated heterocycles. The molecule has 2 nitrogen and oxygen atoms in total. The molecule has 0 aliphatic heterocycles. The molecule has 0 unspecified atom stereocenters. The van der Waals surface area contributed by atoms with Crippen LogP contribution in [0.15, 0.2) is 24.3 Å². The highest BCUT2D eigenvalue weighted by Gasteiger charge is 1.98. The average Bonchev–Trinajstić information content (AvgIpc) is 2.25. The van der Waals surface area contributed by atoms with Crippen LogP contribution in [0.3, 0.4) is 0 Å². The molecule has 1 rings (SSSR count). The number of nitrogens with two attached hydrogens (primary N) is 1. The van der Waals surface area contributed by atoms with E-state index in [1.165, 1.54) is 12.0 Å². The molecule has 2 N–H and O–H groups in total. The van der Waals surface area contributed by atoms with Crippen molar-refractivity contribution in [3.63, 3.8) is 0 Å². The minimum atomic E-state index is 0.770. The van der Waals surface area contributed by atoms with Gasteiger partial charge >= 0.3 is 0 Å². The Morgan fingerprint density at radius 2 is 1.94 bits per heavy atom. The van der Waals surface area contributed by atoms with Crippen molar-refractivity contribution >= 4 is 5.69 Å². The predicted molar refractivity (Wildman–Crippen MR) is 69.4 cm³/mol. The number of rotatable bonds is 7. The van der Waals surface area contributed by atoms with E-state index >= 15 is 0 Å². The Kier molecular flexibility index (Phi) is 5.94. The largest absolute Gasteiger partial charge is 0.399 e. The van der Waals surface area contributed by atoms with Gasteiger partial charge in [0.1, 0.15) is 0 Å². The minimum Gasteiger partial charge on any atom is -0.399 e. The molecule has 0 fully saturated rings. The first kappa shape index (κ1) is 13.0. The highest BCUT2D eigenvalue weighted by Crippen LogP contribution is 2.11. The monoisotopic (exact) mass is 221 g/mol. The fraction of sp³-hybridized carbons (Fsp3) is 0.571. The first-order chi connectivity index (χ1) is 7.70. The third-order valence-electron chi connectivity index (χ3n) is 2.64. The lowest BCUT2D eigenvalue weighted by Crippen LogP contribution is -2.03. The van der Waals surface area contributed by atoms with Gasteiger partial charge in [-0.25, -0.2) is 0 Å². The smallest absolute Gasteiger partial charge is 0.0507 e. The highest BCUT2D eigenvalue weighted by molar-refractivity contribution is 5.46. The van der Waals surface area contributed by atoms with E-state index in [9.17, 15) is 0 Å². The molecule has 0 heterocycles. The van der Waals surface area contributed by atoms with Crippen LogP contribution in [0.5, 0.6) is 0 Å². The molecule has 0 amide bonds. The standard InChI is InChI=1S/C14H23NO/c1-12(2)6-5-10-16-11-9-13-7-3-4-8-14(13)15/h3-4,7-8,12H,5-6,9-11,15H2,1-2H3. The second kappa shape index (κ2) is 7.29. The summed E-state index contributed by atoms with van der Waals surface area (Å²) in [6, 6.07) is 7.98. The molecule has 0 bridgehead atoms. The Balaban J connectivity index is 2.10. The highest BCUT2D eigenvalue weighted by atomic mass is 16.5. The molecule has 0 saturated carbocycles. The number of para-hydroxylation sites is 1. The van der Waals surface area contributed by atoms with Gasteiger partial charge in [-0.2, -0.15) is 0 Å². The van der Waals surface area contributed by atoms with Gasteiger partial charge in [-0.3, -0.25) is 0 Å². The summed E-state index contributed by atoms with van der Waals surface area (Å²) in [6.07, 6.45) is 3.31. The van der Waals surface area contributed by atoms with Crippen molar-refractivity contribution in [2.24, 2.45) is 5.92 Å². The van der Waals surface area contributed by atoms with E-state index in [0.29, 0.717) is 0 Å². The van der Waals surface area contributed by atoms with Gasteiger partial charge in [-0.1, -0.05) is 32.0 Å². The SMILES string of the molecule is CC(C)CCCOCCc1ccccc1N. The Hall–Kier alpha value is -1.02. The minimum absolute atomic E-state index is 0.770. The molecule has 2 heteroatoms. The lowest BCUT2D eigenvalue weighted by Gasteiger charge is -2.07. The van der Waals surface area contributed by atoms with Gasteiger partial charge < -0.3 is 10.5 Å². The second-order valence-corrected chi connectivity index (χ2v) is 4.60. The summed E-state index contributed by atoms with van der Waals surface area (Å²) in [7, 11) is 0. The van der Waals surface area contributed by atoms with Crippen molar-refractivity contribution in [1.82, 2.24) is 0 Å². The third kappa shape index (κ3) is 5.17. The molecule has 0 spiro atoms. The van der Waals surface area contributed by atoms with E-state index in [4.69, 9.17) is 10.5 Å². The summed E-state index contributed by atoms with van der Waals surface area (Å²) < 4.78 is 5.59. The fourth-order valence-electron chi connectivity index (χ4n) is 1.64. The molecular formula is C14H23NO. The summed E-state index contributed by atoms with van der Waals surface area (Å²) in [6.45, 7) is 6.12. The maximum Gasteiger partial charge on any atom is 0.0507 e. The van der Waals surface area contributed by atoms with Crippen LogP contribution in [0.25, 0.3) is 0 Å². The van der Waals surface area contributed by atoms with Crippen molar-refractivity contribution in [2.45, 2.75) is 33.1 Å². The molecule has 0 atom stereocenters. The molecule has 16 heavy (non-hydrogen) atoms. The van der Waals surface area contributed by atoms with Crippen LogP contribution >= 0.6 is 0 Å². The van der Waals surface area contributed by atoms with Crippen molar-refractivity contribution in [1.29, 1.82) is 0 Å². The van der Waals surface area contributed by atoms with Crippen molar-refractivity contribution < 1.29 is 4.74 Å². The number of benzene rings is 1. The van der Waals surface area contributed by atoms with Gasteiger partial charge in [0.05, 0.1) is 6.61 Å². The van der Waals surface area contributed by atoms with E-state index in [0.717, 1.165) is 37.7 Å². The van der Waals surface area contributed by atoms with Gasteiger partial charge in [0.2, 0.25) is 0 Å². The Labute approximate surface area is 98.8 Å². The van der Waals surface area contributed by atoms with Crippen LogP contribution in [-0.2, 0) is 11.2 Å². The van der Waals surface area contributed by atoms with Gasteiger partial charge in [0, 0.05) is 12.3 Å². The van der Waals surface area contributed by atoms with E-state index < -0.39 is 0 Å². The zero-order valence-corrected chi connectivity index (χ0v) is 10.4. The van der Waals surface area contributed by atoms with Crippen LogP contribution in [0.1, 0.15) is 32.3 Å². The normalized spacial score (nSPS) is 10.9. The molecule has 0 aromatic heterocycles. The molecular weight excluding hydrogens is 198 g/mol. The summed E-state index contributed by atoms with van der Waals surface area (Å²) in [5.74, 6) is 0.772. The zero-order valence-electron chi connectivity index (χ0n) is 10.4. The lowest BCUT2D eigenvalue weighted by atomic mass is 10.1. The molecule has 90 valence electrons. The van der Waals surface area contributed by atoms with Crippen LogP contribution in [0.2, 0.25) is 0 Å². The third-order valence-corrected chi connectivity index (χ3v) is 2.64. The Morgan fingerprint density at radius 1 is 1.19 bits per heavy atom. The van der Waals surface area contributed by atoms with Crippen LogP contribution in [0, 0.1) is 5.92 Å². The second-order valence-electron chi connectivity index (χ2n) is 4.60. The predicted octanol–water partition coefficient (Wildman–Crippen LogP) is 3.26. The summed E-state index contributed by atoms with van der Waals surface area (Å²) in [5, 5.41) is 0. The summed E-state index contributed by atoms with van der Waals surface area (Å²) in [4.78, 5) is 0. The van der Waals surface area contributed by atoms with Crippen molar-refractivity contribution in [2.75, 3.05) is 18.9 Å². The maximum absolute atomic E-state index is 5.85. The maximum atomic E-state index is 5.85. The Morgan fingerprint density at radius 3 is 2.62 bits per heavy atom. The summed E-state index contributed by atoms with van der Waals surface area (Å²) in [5.41, 5.74) is 7.90. The average molecular weight is 221 g/mol. The van der Waals surface area contributed by atoms with Gasteiger partial charge in [0.25, 0.3) is 0 Å². The van der Waals surface area contributed by atoms with E-state index in [2.05, 4.69) is 19.9 Å². The van der Waals surface area contributed by atoms with Crippen molar-refractivity contribution in [3.8, 4) is 0 Å². The van der Waals surface area contributed by atoms with Crippen LogP contribution < -0.4 is 5.73 Å². The summed E-state index contributed by atoms with van der Waals surface area (Å²) >= 11 is 0. The van der Waals surface area contributed by atoms with E-state index in [1.807, 2.05) is 18.2 Å². The topological polar surface area (TPSA) is 35.2 Å². The fourth-order valence-corrected chi connectivity index (χ4v) is 1.64. The molecule has 0 aliphatic carbocycles. The number of nitrogen functional groups attached to an aromatic ring is 1. The van der Waals surface area contributed by atoms with Gasteiger partial charge in [-0.05, 0) is 36.8 Å². The number of anilines is 1. The van der Waals surface area contributed by atoms with Crippen molar-refractivity contribution in [3.05, 3.63) is 29.8 Å². The first-order valence-electron chi connectivity index (χ1n) is 6.11. The first-order valence-corrected chi connectivity index (χ1v) is 6.11. The molecule has 1 aromatic carbocycles. The molecule has 1 aromatic rings. The van der Waals surface area contributed by atoms with Gasteiger partial charge in [-0.15, -0.1) is 0 Å². The van der Waals surface area contributed by atoms with Crippen LogP contribution in [-0.4, -0.2) is 13.2 Å². The molecule has 0 radical (unpaired) electrons. The number of hydrogen-bond donors (Lipinski definition) is 1. The number of ether oxygens (including phenoxy) is 1. The number of hydrogen-bond acceptors (Lipinski definition) is 2.